The normalized spacial score (nSPS) is 20.5. The lowest BCUT2D eigenvalue weighted by Gasteiger charge is -2.23. The molecule has 0 radical (unpaired) electrons. The molecule has 0 saturated carbocycles. The van der Waals surface area contributed by atoms with Crippen molar-refractivity contribution < 1.29 is 9.13 Å². The molecule has 1 fully saturated rings. The zero-order chi connectivity index (χ0) is 12.7. The van der Waals surface area contributed by atoms with Gasteiger partial charge >= 0.3 is 0 Å². The standard InChI is InChI=1S/C13H14ClFN2O/c1-8-10(14)6-11-9(13(8)15)7-16-17(11)12-4-2-3-5-18-12/h6-7,12H,2-5H2,1H3. The van der Waals surface area contributed by atoms with Crippen LogP contribution in [0.3, 0.4) is 0 Å². The summed E-state index contributed by atoms with van der Waals surface area (Å²) in [4.78, 5) is 0. The second-order valence-electron chi connectivity index (χ2n) is 4.64. The van der Waals surface area contributed by atoms with Crippen molar-refractivity contribution in [3.63, 3.8) is 0 Å². The van der Waals surface area contributed by atoms with E-state index in [9.17, 15) is 4.39 Å². The molecule has 1 unspecified atom stereocenters. The maximum absolute atomic E-state index is 14.1. The highest BCUT2D eigenvalue weighted by molar-refractivity contribution is 6.32. The summed E-state index contributed by atoms with van der Waals surface area (Å²) in [5.74, 6) is -0.292. The van der Waals surface area contributed by atoms with Gasteiger partial charge in [0.2, 0.25) is 0 Å². The fourth-order valence-corrected chi connectivity index (χ4v) is 2.55. The van der Waals surface area contributed by atoms with Crippen molar-refractivity contribution in [1.29, 1.82) is 0 Å². The predicted octanol–water partition coefficient (Wildman–Crippen LogP) is 3.84. The molecule has 0 spiro atoms. The minimum atomic E-state index is -0.292. The predicted molar refractivity (Wildman–Crippen MR) is 68.3 cm³/mol. The lowest BCUT2D eigenvalue weighted by molar-refractivity contribution is -0.0366. The SMILES string of the molecule is Cc1c(Cl)cc2c(cnn2C2CCCCO2)c1F. The van der Waals surface area contributed by atoms with Gasteiger partial charge in [0.1, 0.15) is 5.82 Å². The average molecular weight is 269 g/mol. The molecule has 0 amide bonds. The molecule has 0 aliphatic carbocycles. The van der Waals surface area contributed by atoms with Gasteiger partial charge < -0.3 is 4.74 Å². The smallest absolute Gasteiger partial charge is 0.150 e. The molecule has 0 N–H and O–H groups in total. The number of ether oxygens (including phenoxy) is 1. The van der Waals surface area contributed by atoms with E-state index in [0.29, 0.717) is 21.5 Å². The molecule has 5 heteroatoms. The van der Waals surface area contributed by atoms with Crippen LogP contribution in [0.15, 0.2) is 12.3 Å². The first-order valence-corrected chi connectivity index (χ1v) is 6.49. The van der Waals surface area contributed by atoms with Crippen LogP contribution in [0.2, 0.25) is 5.02 Å². The van der Waals surface area contributed by atoms with Gasteiger partial charge in [-0.25, -0.2) is 9.07 Å². The third-order valence-corrected chi connectivity index (χ3v) is 3.84. The van der Waals surface area contributed by atoms with E-state index in [-0.39, 0.29) is 12.0 Å². The molecular weight excluding hydrogens is 255 g/mol. The van der Waals surface area contributed by atoms with Crippen LogP contribution in [-0.2, 0) is 4.74 Å². The van der Waals surface area contributed by atoms with Gasteiger partial charge in [-0.15, -0.1) is 0 Å². The summed E-state index contributed by atoms with van der Waals surface area (Å²) in [5.41, 5.74) is 1.17. The first kappa shape index (κ1) is 11.9. The Kier molecular flexibility index (Phi) is 2.99. The summed E-state index contributed by atoms with van der Waals surface area (Å²) in [6, 6.07) is 1.76. The van der Waals surface area contributed by atoms with Crippen molar-refractivity contribution in [3.05, 3.63) is 28.7 Å². The van der Waals surface area contributed by atoms with E-state index in [0.717, 1.165) is 25.9 Å². The fourth-order valence-electron chi connectivity index (χ4n) is 2.37. The van der Waals surface area contributed by atoms with Gasteiger partial charge in [0, 0.05) is 17.2 Å². The molecule has 1 aliphatic heterocycles. The molecule has 2 heterocycles. The van der Waals surface area contributed by atoms with Gasteiger partial charge in [0.15, 0.2) is 6.23 Å². The quantitative estimate of drug-likeness (QED) is 0.786. The van der Waals surface area contributed by atoms with E-state index >= 15 is 0 Å². The van der Waals surface area contributed by atoms with Crippen LogP contribution in [0.4, 0.5) is 4.39 Å². The lowest BCUT2D eigenvalue weighted by Crippen LogP contribution is -2.19. The third-order valence-electron chi connectivity index (χ3n) is 3.45. The maximum Gasteiger partial charge on any atom is 0.150 e. The molecule has 0 bridgehead atoms. The van der Waals surface area contributed by atoms with Crippen LogP contribution in [0.1, 0.15) is 31.1 Å². The van der Waals surface area contributed by atoms with Crippen molar-refractivity contribution in [3.8, 4) is 0 Å². The molecule has 2 aromatic rings. The number of benzene rings is 1. The van der Waals surface area contributed by atoms with E-state index in [2.05, 4.69) is 5.10 Å². The molecule has 3 nitrogen and oxygen atoms in total. The minimum Gasteiger partial charge on any atom is -0.356 e. The molecule has 1 atom stereocenters. The Morgan fingerprint density at radius 1 is 1.50 bits per heavy atom. The number of hydrogen-bond donors (Lipinski definition) is 0. The molecule has 1 aromatic carbocycles. The van der Waals surface area contributed by atoms with Crippen molar-refractivity contribution in [2.24, 2.45) is 0 Å². The van der Waals surface area contributed by atoms with Gasteiger partial charge in [-0.2, -0.15) is 5.10 Å². The van der Waals surface area contributed by atoms with Crippen molar-refractivity contribution in [2.45, 2.75) is 32.4 Å². The summed E-state index contributed by atoms with van der Waals surface area (Å²) >= 11 is 6.04. The van der Waals surface area contributed by atoms with E-state index < -0.39 is 0 Å². The lowest BCUT2D eigenvalue weighted by atomic mass is 10.1. The summed E-state index contributed by atoms with van der Waals surface area (Å²) in [7, 11) is 0. The molecular formula is C13H14ClFN2O. The van der Waals surface area contributed by atoms with Crippen LogP contribution >= 0.6 is 11.6 Å². The van der Waals surface area contributed by atoms with Gasteiger partial charge in [-0.3, -0.25) is 0 Å². The van der Waals surface area contributed by atoms with Crippen LogP contribution in [0, 0.1) is 12.7 Å². The van der Waals surface area contributed by atoms with Crippen molar-refractivity contribution in [2.75, 3.05) is 6.61 Å². The third kappa shape index (κ3) is 1.80. The average Bonchev–Trinajstić information content (AvgIpc) is 2.81. The molecule has 96 valence electrons. The summed E-state index contributed by atoms with van der Waals surface area (Å²) in [6.07, 6.45) is 4.53. The first-order valence-electron chi connectivity index (χ1n) is 6.12. The molecule has 1 aliphatic rings. The second-order valence-corrected chi connectivity index (χ2v) is 5.05. The van der Waals surface area contributed by atoms with Gasteiger partial charge in [-0.1, -0.05) is 11.6 Å². The van der Waals surface area contributed by atoms with Gasteiger partial charge in [0.25, 0.3) is 0 Å². The number of rotatable bonds is 1. The molecule has 1 saturated heterocycles. The van der Waals surface area contributed by atoms with E-state index in [4.69, 9.17) is 16.3 Å². The molecule has 1 aromatic heterocycles. The van der Waals surface area contributed by atoms with Gasteiger partial charge in [0.05, 0.1) is 17.1 Å². The Labute approximate surface area is 109 Å². The Morgan fingerprint density at radius 3 is 3.06 bits per heavy atom. The molecule has 18 heavy (non-hydrogen) atoms. The highest BCUT2D eigenvalue weighted by atomic mass is 35.5. The van der Waals surface area contributed by atoms with E-state index in [1.807, 2.05) is 0 Å². The van der Waals surface area contributed by atoms with E-state index in [1.165, 1.54) is 0 Å². The summed E-state index contributed by atoms with van der Waals surface area (Å²) in [6.45, 7) is 2.40. The monoisotopic (exact) mass is 268 g/mol. The Bertz CT molecular complexity index is 590. The number of hydrogen-bond acceptors (Lipinski definition) is 2. The van der Waals surface area contributed by atoms with Crippen LogP contribution in [0.5, 0.6) is 0 Å². The second kappa shape index (κ2) is 4.52. The van der Waals surface area contributed by atoms with Crippen molar-refractivity contribution in [1.82, 2.24) is 9.78 Å². The van der Waals surface area contributed by atoms with Crippen molar-refractivity contribution >= 4 is 22.5 Å². The Balaban J connectivity index is 2.13. The number of halogens is 2. The highest BCUT2D eigenvalue weighted by Crippen LogP contribution is 2.31. The number of nitrogens with zero attached hydrogens (tertiary/aromatic N) is 2. The Morgan fingerprint density at radius 2 is 2.33 bits per heavy atom. The van der Waals surface area contributed by atoms with Gasteiger partial charge in [-0.05, 0) is 32.3 Å². The summed E-state index contributed by atoms with van der Waals surface area (Å²) < 4.78 is 21.5. The zero-order valence-electron chi connectivity index (χ0n) is 10.1. The minimum absolute atomic E-state index is 0.102. The Hall–Kier alpha value is -1.13. The van der Waals surface area contributed by atoms with Crippen LogP contribution in [-0.4, -0.2) is 16.4 Å². The summed E-state index contributed by atoms with van der Waals surface area (Å²) in [5, 5.41) is 5.19. The molecule has 3 rings (SSSR count). The fraction of sp³-hybridized carbons (Fsp3) is 0.462. The highest BCUT2D eigenvalue weighted by Gasteiger charge is 2.20. The number of fused-ring (bicyclic) bond motifs is 1. The topological polar surface area (TPSA) is 27.1 Å². The van der Waals surface area contributed by atoms with Crippen LogP contribution in [0.25, 0.3) is 10.9 Å². The van der Waals surface area contributed by atoms with Crippen LogP contribution < -0.4 is 0 Å². The zero-order valence-corrected chi connectivity index (χ0v) is 10.9. The number of aromatic nitrogens is 2. The largest absolute Gasteiger partial charge is 0.356 e. The first-order chi connectivity index (χ1) is 8.68. The van der Waals surface area contributed by atoms with E-state index in [1.54, 1.807) is 23.9 Å². The maximum atomic E-state index is 14.1.